The molecule has 0 aliphatic heterocycles. The van der Waals surface area contributed by atoms with E-state index in [0.717, 1.165) is 13.0 Å². The van der Waals surface area contributed by atoms with E-state index < -0.39 is 6.17 Å². The van der Waals surface area contributed by atoms with Crippen molar-refractivity contribution in [2.45, 2.75) is 39.0 Å². The van der Waals surface area contributed by atoms with Gasteiger partial charge in [-0.25, -0.2) is 19.3 Å². The molecule has 0 saturated carbocycles. The van der Waals surface area contributed by atoms with Gasteiger partial charge in [-0.15, -0.1) is 0 Å². The first-order chi connectivity index (χ1) is 14.3. The van der Waals surface area contributed by atoms with Crippen LogP contribution in [0.3, 0.4) is 0 Å². The third-order valence-electron chi connectivity index (χ3n) is 4.22. The van der Waals surface area contributed by atoms with Gasteiger partial charge in [0.25, 0.3) is 5.91 Å². The fraction of sp³-hybridized carbons (Fsp3) is 0.500. The molecule has 1 aliphatic rings. The maximum absolute atomic E-state index is 13.8. The molecule has 10 heteroatoms. The summed E-state index contributed by atoms with van der Waals surface area (Å²) in [5, 5.41) is 6.38. The fourth-order valence-electron chi connectivity index (χ4n) is 2.87. The number of thiazole rings is 1. The van der Waals surface area contributed by atoms with Gasteiger partial charge < -0.3 is 20.3 Å². The number of carbonyl (C=O) groups is 1. The topological polar surface area (TPSA) is 92.3 Å². The van der Waals surface area contributed by atoms with E-state index in [2.05, 4.69) is 30.5 Å². The Hall–Kier alpha value is -2.59. The molecule has 2 N–H and O–H groups in total. The molecule has 0 saturated heterocycles. The molecule has 162 valence electrons. The monoisotopic (exact) mass is 434 g/mol. The van der Waals surface area contributed by atoms with E-state index in [1.54, 1.807) is 6.08 Å². The Balaban J connectivity index is 1.76. The van der Waals surface area contributed by atoms with Crippen molar-refractivity contribution in [1.82, 2.24) is 25.2 Å². The highest BCUT2D eigenvalue weighted by atomic mass is 32.1. The Morgan fingerprint density at radius 2 is 2.20 bits per heavy atom. The molecule has 0 fully saturated rings. The number of allylic oxidation sites excluding steroid dienone is 2. The summed E-state index contributed by atoms with van der Waals surface area (Å²) in [7, 11) is 3.98. The van der Waals surface area contributed by atoms with Crippen molar-refractivity contribution in [3.8, 4) is 0 Å². The molecule has 0 bridgehead atoms. The maximum atomic E-state index is 13.8. The third kappa shape index (κ3) is 5.73. The standard InChI is InChI=1S/C20H27FN6O2S/c1-12(2)29-15-10-13(21)6-7-14(15)25-17-16-19(24-11-23-17)30-20(26-16)18(28)22-8-5-9-27(3)4/h7,10-13H,5-6,8-9H2,1-4H3,(H,22,28)(H,23,24,25). The minimum absolute atomic E-state index is 0.0979. The lowest BCUT2D eigenvalue weighted by atomic mass is 10.1. The fourth-order valence-corrected chi connectivity index (χ4v) is 3.69. The lowest BCUT2D eigenvalue weighted by Crippen LogP contribution is -2.27. The van der Waals surface area contributed by atoms with Crippen molar-refractivity contribution in [3.63, 3.8) is 0 Å². The van der Waals surface area contributed by atoms with E-state index in [1.807, 2.05) is 27.9 Å². The van der Waals surface area contributed by atoms with Crippen LogP contribution in [-0.4, -0.2) is 65.2 Å². The van der Waals surface area contributed by atoms with Gasteiger partial charge in [-0.05, 0) is 47.0 Å². The van der Waals surface area contributed by atoms with Gasteiger partial charge in [0, 0.05) is 13.0 Å². The van der Waals surface area contributed by atoms with Gasteiger partial charge in [-0.3, -0.25) is 4.79 Å². The number of amides is 1. The largest absolute Gasteiger partial charge is 0.489 e. The average Bonchev–Trinajstić information content (AvgIpc) is 3.12. The quantitative estimate of drug-likeness (QED) is 0.586. The van der Waals surface area contributed by atoms with Gasteiger partial charge in [-0.2, -0.15) is 0 Å². The second-order valence-electron chi connectivity index (χ2n) is 7.50. The number of fused-ring (bicyclic) bond motifs is 1. The van der Waals surface area contributed by atoms with E-state index in [4.69, 9.17) is 4.74 Å². The first-order valence-electron chi connectivity index (χ1n) is 9.88. The second kappa shape index (κ2) is 9.94. The minimum Gasteiger partial charge on any atom is -0.489 e. The summed E-state index contributed by atoms with van der Waals surface area (Å²) < 4.78 is 19.5. The molecule has 1 aliphatic carbocycles. The Kier molecular flexibility index (Phi) is 7.33. The van der Waals surface area contributed by atoms with E-state index >= 15 is 0 Å². The van der Waals surface area contributed by atoms with Gasteiger partial charge in [0.1, 0.15) is 28.6 Å². The predicted octanol–water partition coefficient (Wildman–Crippen LogP) is 3.11. The van der Waals surface area contributed by atoms with Crippen molar-refractivity contribution in [3.05, 3.63) is 34.9 Å². The van der Waals surface area contributed by atoms with Crippen molar-refractivity contribution in [2.75, 3.05) is 32.5 Å². The number of aromatic nitrogens is 3. The molecular formula is C20H27FN6O2S. The van der Waals surface area contributed by atoms with Crippen molar-refractivity contribution in [2.24, 2.45) is 0 Å². The van der Waals surface area contributed by atoms with E-state index in [-0.39, 0.29) is 18.4 Å². The van der Waals surface area contributed by atoms with Gasteiger partial charge >= 0.3 is 0 Å². The number of anilines is 1. The summed E-state index contributed by atoms with van der Waals surface area (Å²) in [5.74, 6) is 0.651. The lowest BCUT2D eigenvalue weighted by molar-refractivity contribution is 0.0952. The van der Waals surface area contributed by atoms with Crippen LogP contribution in [0.2, 0.25) is 0 Å². The molecule has 0 radical (unpaired) electrons. The summed E-state index contributed by atoms with van der Waals surface area (Å²) in [6.45, 7) is 5.23. The van der Waals surface area contributed by atoms with Gasteiger partial charge in [0.2, 0.25) is 0 Å². The Morgan fingerprint density at radius 1 is 1.40 bits per heavy atom. The smallest absolute Gasteiger partial charge is 0.280 e. The summed E-state index contributed by atoms with van der Waals surface area (Å²) in [4.78, 5) is 28.0. The predicted molar refractivity (Wildman–Crippen MR) is 116 cm³/mol. The highest BCUT2D eigenvalue weighted by molar-refractivity contribution is 7.19. The number of hydrogen-bond donors (Lipinski definition) is 2. The lowest BCUT2D eigenvalue weighted by Gasteiger charge is -2.21. The van der Waals surface area contributed by atoms with Crippen LogP contribution in [0, 0.1) is 0 Å². The minimum atomic E-state index is -1.09. The van der Waals surface area contributed by atoms with E-state index in [9.17, 15) is 9.18 Å². The number of alkyl halides is 1. The number of ether oxygens (including phenoxy) is 1. The second-order valence-corrected chi connectivity index (χ2v) is 8.48. The highest BCUT2D eigenvalue weighted by Crippen LogP contribution is 2.29. The van der Waals surface area contributed by atoms with Gasteiger partial charge in [0.05, 0.1) is 11.8 Å². The number of nitrogens with one attached hydrogen (secondary N) is 2. The van der Waals surface area contributed by atoms with Crippen LogP contribution in [0.1, 0.15) is 36.5 Å². The summed E-state index contributed by atoms with van der Waals surface area (Å²) in [6.07, 6.45) is 4.52. The zero-order chi connectivity index (χ0) is 21.7. The van der Waals surface area contributed by atoms with Crippen LogP contribution in [0.25, 0.3) is 10.3 Å². The normalized spacial score (nSPS) is 16.6. The number of nitrogens with zero attached hydrogens (tertiary/aromatic N) is 4. The van der Waals surface area contributed by atoms with Crippen molar-refractivity contribution < 1.29 is 13.9 Å². The SMILES string of the molecule is CC(C)OC1=CC(F)CC=C1Nc1ncnc2sc(C(=O)NCCCN(C)C)nc12. The van der Waals surface area contributed by atoms with Crippen LogP contribution < -0.4 is 10.6 Å². The molecule has 3 rings (SSSR count). The molecule has 2 aromatic rings. The number of hydrogen-bond acceptors (Lipinski definition) is 8. The first kappa shape index (κ1) is 22.1. The molecule has 1 unspecified atom stereocenters. The van der Waals surface area contributed by atoms with Gasteiger partial charge in [-0.1, -0.05) is 17.4 Å². The molecule has 0 aromatic carbocycles. The van der Waals surface area contributed by atoms with E-state index in [1.165, 1.54) is 23.7 Å². The molecule has 30 heavy (non-hydrogen) atoms. The van der Waals surface area contributed by atoms with Crippen LogP contribution in [0.5, 0.6) is 0 Å². The molecule has 1 amide bonds. The summed E-state index contributed by atoms with van der Waals surface area (Å²) in [6, 6.07) is 0. The molecular weight excluding hydrogens is 407 g/mol. The number of carbonyl (C=O) groups excluding carboxylic acids is 1. The molecule has 1 atom stereocenters. The molecule has 0 spiro atoms. The number of rotatable bonds is 9. The van der Waals surface area contributed by atoms with Crippen LogP contribution in [0.4, 0.5) is 10.2 Å². The van der Waals surface area contributed by atoms with Gasteiger partial charge in [0.15, 0.2) is 10.8 Å². The van der Waals surface area contributed by atoms with Crippen molar-refractivity contribution in [1.29, 1.82) is 0 Å². The summed E-state index contributed by atoms with van der Waals surface area (Å²) in [5.41, 5.74) is 1.12. The number of halogens is 1. The van der Waals surface area contributed by atoms with Crippen LogP contribution in [-0.2, 0) is 4.74 Å². The van der Waals surface area contributed by atoms with E-state index in [0.29, 0.717) is 39.2 Å². The maximum Gasteiger partial charge on any atom is 0.280 e. The molecule has 8 nitrogen and oxygen atoms in total. The Morgan fingerprint density at radius 3 is 2.93 bits per heavy atom. The Bertz CT molecular complexity index is 956. The Labute approximate surface area is 179 Å². The third-order valence-corrected chi connectivity index (χ3v) is 5.18. The first-order valence-corrected chi connectivity index (χ1v) is 10.7. The molecule has 2 heterocycles. The highest BCUT2D eigenvalue weighted by Gasteiger charge is 2.21. The summed E-state index contributed by atoms with van der Waals surface area (Å²) >= 11 is 1.21. The zero-order valence-electron chi connectivity index (χ0n) is 17.6. The van der Waals surface area contributed by atoms with Crippen LogP contribution >= 0.6 is 11.3 Å². The van der Waals surface area contributed by atoms with Crippen molar-refractivity contribution >= 4 is 33.4 Å². The van der Waals surface area contributed by atoms with Crippen LogP contribution in [0.15, 0.2) is 29.9 Å². The molecule has 2 aromatic heterocycles. The zero-order valence-corrected chi connectivity index (χ0v) is 18.4. The average molecular weight is 435 g/mol.